The molecule has 9 heteroatoms. The highest BCUT2D eigenvalue weighted by atomic mass is 32.2. The molecule has 0 unspecified atom stereocenters. The number of hydrogen-bond donors (Lipinski definition) is 4. The molecule has 3 aromatic rings. The van der Waals surface area contributed by atoms with E-state index >= 15 is 0 Å². The maximum Gasteiger partial charge on any atom is 0.229 e. The minimum absolute atomic E-state index is 0.0377. The van der Waals surface area contributed by atoms with E-state index in [1.165, 1.54) is 0 Å². The number of nitrogens with one attached hydrogen (secondary N) is 4. The lowest BCUT2D eigenvalue weighted by molar-refractivity contribution is 0.535. The number of nitrogens with zero attached hydrogens (tertiary/aromatic N) is 4. The first kappa shape index (κ1) is 23.3. The molecule has 0 saturated carbocycles. The third kappa shape index (κ3) is 6.80. The van der Waals surface area contributed by atoms with Crippen LogP contribution in [0.5, 0.6) is 0 Å². The third-order valence-electron chi connectivity index (χ3n) is 4.99. The number of anilines is 5. The smallest absolute Gasteiger partial charge is 0.229 e. The van der Waals surface area contributed by atoms with E-state index in [1.807, 2.05) is 43.6 Å². The standard InChI is InChI=1S/C24H32N8S/c1-17-15-27-23(29-19-8-9-21(26-16-19)32-12-10-25-11-13-32)30-22(17)28-18-6-5-7-20(14-18)33-31-24(2,3)4/h5-9,14-16,25,31H,10-13H2,1-4H3,(H2,27,28,29,30). The number of hydrogen-bond acceptors (Lipinski definition) is 9. The van der Waals surface area contributed by atoms with E-state index in [4.69, 9.17) is 0 Å². The molecule has 33 heavy (non-hydrogen) atoms. The average molecular weight is 465 g/mol. The highest BCUT2D eigenvalue weighted by Crippen LogP contribution is 2.25. The van der Waals surface area contributed by atoms with Crippen LogP contribution in [0.1, 0.15) is 26.3 Å². The molecule has 0 amide bonds. The number of pyridine rings is 1. The van der Waals surface area contributed by atoms with Gasteiger partial charge in [0.05, 0.1) is 11.9 Å². The summed E-state index contributed by atoms with van der Waals surface area (Å²) in [7, 11) is 0. The molecule has 2 aromatic heterocycles. The highest BCUT2D eigenvalue weighted by molar-refractivity contribution is 7.97. The predicted octanol–water partition coefficient (Wildman–Crippen LogP) is 4.47. The zero-order chi connectivity index (χ0) is 23.3. The molecule has 0 atom stereocenters. The van der Waals surface area contributed by atoms with Crippen molar-refractivity contribution < 1.29 is 0 Å². The van der Waals surface area contributed by atoms with Crippen LogP contribution in [-0.2, 0) is 0 Å². The Morgan fingerprint density at radius 3 is 2.52 bits per heavy atom. The lowest BCUT2D eigenvalue weighted by Gasteiger charge is -2.28. The first-order valence-corrected chi connectivity index (χ1v) is 12.0. The fourth-order valence-electron chi connectivity index (χ4n) is 3.28. The van der Waals surface area contributed by atoms with Crippen LogP contribution in [0.2, 0.25) is 0 Å². The highest BCUT2D eigenvalue weighted by Gasteiger charge is 2.12. The van der Waals surface area contributed by atoms with Gasteiger partial charge in [-0.2, -0.15) is 4.98 Å². The van der Waals surface area contributed by atoms with Crippen LogP contribution >= 0.6 is 11.9 Å². The van der Waals surface area contributed by atoms with E-state index in [1.54, 1.807) is 11.9 Å². The molecule has 1 fully saturated rings. The number of benzene rings is 1. The normalized spacial score (nSPS) is 14.2. The molecular formula is C24H32N8S. The summed E-state index contributed by atoms with van der Waals surface area (Å²) in [5.41, 5.74) is 2.84. The maximum absolute atomic E-state index is 4.69. The van der Waals surface area contributed by atoms with E-state index in [0.29, 0.717) is 5.95 Å². The maximum atomic E-state index is 4.69. The van der Waals surface area contributed by atoms with Gasteiger partial charge in [-0.05, 0) is 70.0 Å². The van der Waals surface area contributed by atoms with Crippen molar-refractivity contribution >= 4 is 40.9 Å². The Morgan fingerprint density at radius 2 is 1.79 bits per heavy atom. The quantitative estimate of drug-likeness (QED) is 0.378. The van der Waals surface area contributed by atoms with Gasteiger partial charge >= 0.3 is 0 Å². The SMILES string of the molecule is Cc1cnc(Nc2ccc(N3CCNCC3)nc2)nc1Nc1cccc(SNC(C)(C)C)c1. The Bertz CT molecular complexity index is 1060. The number of aryl methyl sites for hydroxylation is 1. The van der Waals surface area contributed by atoms with Crippen LogP contribution in [-0.4, -0.2) is 46.7 Å². The second-order valence-corrected chi connectivity index (χ2v) is 9.98. The molecule has 4 N–H and O–H groups in total. The fourth-order valence-corrected chi connectivity index (χ4v) is 4.04. The Morgan fingerprint density at radius 1 is 0.970 bits per heavy atom. The van der Waals surface area contributed by atoms with Gasteiger partial charge in [-0.25, -0.2) is 9.97 Å². The Hall–Kier alpha value is -2.88. The first-order chi connectivity index (χ1) is 15.9. The Labute approximate surface area is 200 Å². The fraction of sp³-hybridized carbons (Fsp3) is 0.375. The molecule has 1 aliphatic rings. The molecule has 8 nitrogen and oxygen atoms in total. The van der Waals surface area contributed by atoms with Crippen LogP contribution < -0.4 is 25.6 Å². The summed E-state index contributed by atoms with van der Waals surface area (Å²) < 4.78 is 3.44. The summed E-state index contributed by atoms with van der Waals surface area (Å²) in [5, 5.41) is 10.1. The van der Waals surface area contributed by atoms with Crippen molar-refractivity contribution in [1.82, 2.24) is 25.0 Å². The van der Waals surface area contributed by atoms with Crippen molar-refractivity contribution in [2.75, 3.05) is 41.7 Å². The van der Waals surface area contributed by atoms with Crippen LogP contribution in [0, 0.1) is 6.92 Å². The summed E-state index contributed by atoms with van der Waals surface area (Å²) in [6.07, 6.45) is 3.65. The second kappa shape index (κ2) is 10.4. The van der Waals surface area contributed by atoms with E-state index in [9.17, 15) is 0 Å². The zero-order valence-electron chi connectivity index (χ0n) is 19.6. The molecule has 0 bridgehead atoms. The summed E-state index contributed by atoms with van der Waals surface area (Å²) >= 11 is 1.62. The molecule has 4 rings (SSSR count). The number of aromatic nitrogens is 3. The van der Waals surface area contributed by atoms with Gasteiger partial charge in [0, 0.05) is 54.1 Å². The lowest BCUT2D eigenvalue weighted by Crippen LogP contribution is -2.43. The van der Waals surface area contributed by atoms with Crippen molar-refractivity contribution in [3.8, 4) is 0 Å². The van der Waals surface area contributed by atoms with Gasteiger partial charge in [-0.1, -0.05) is 6.07 Å². The lowest BCUT2D eigenvalue weighted by atomic mass is 10.1. The monoisotopic (exact) mass is 464 g/mol. The zero-order valence-corrected chi connectivity index (χ0v) is 20.5. The first-order valence-electron chi connectivity index (χ1n) is 11.2. The molecule has 0 aliphatic carbocycles. The van der Waals surface area contributed by atoms with Gasteiger partial charge in [0.1, 0.15) is 11.6 Å². The summed E-state index contributed by atoms with van der Waals surface area (Å²) in [4.78, 5) is 17.2. The minimum atomic E-state index is 0.0377. The Balaban J connectivity index is 1.43. The summed E-state index contributed by atoms with van der Waals surface area (Å²) in [6.45, 7) is 12.4. The molecule has 1 saturated heterocycles. The number of piperazine rings is 1. The molecular weight excluding hydrogens is 432 g/mol. The van der Waals surface area contributed by atoms with Crippen molar-refractivity contribution in [1.29, 1.82) is 0 Å². The van der Waals surface area contributed by atoms with Crippen LogP contribution in [0.25, 0.3) is 0 Å². The van der Waals surface area contributed by atoms with E-state index in [2.05, 4.69) is 73.4 Å². The van der Waals surface area contributed by atoms with Crippen molar-refractivity contribution in [3.05, 3.63) is 54.4 Å². The van der Waals surface area contributed by atoms with Gasteiger partial charge in [0.2, 0.25) is 5.95 Å². The largest absolute Gasteiger partial charge is 0.354 e. The second-order valence-electron chi connectivity index (χ2n) is 9.10. The Kier molecular flexibility index (Phi) is 7.32. The van der Waals surface area contributed by atoms with Gasteiger partial charge in [-0.3, -0.25) is 4.72 Å². The van der Waals surface area contributed by atoms with E-state index in [0.717, 1.165) is 59.6 Å². The molecule has 174 valence electrons. The van der Waals surface area contributed by atoms with Gasteiger partial charge in [0.15, 0.2) is 0 Å². The van der Waals surface area contributed by atoms with Crippen LogP contribution in [0.15, 0.2) is 53.7 Å². The third-order valence-corrected chi connectivity index (χ3v) is 6.19. The molecule has 1 aliphatic heterocycles. The molecule has 3 heterocycles. The van der Waals surface area contributed by atoms with Gasteiger partial charge in [-0.15, -0.1) is 0 Å². The molecule has 0 radical (unpaired) electrons. The van der Waals surface area contributed by atoms with Gasteiger partial charge < -0.3 is 20.9 Å². The van der Waals surface area contributed by atoms with Gasteiger partial charge in [0.25, 0.3) is 0 Å². The predicted molar refractivity (Wildman–Crippen MR) is 138 cm³/mol. The molecule has 0 spiro atoms. The van der Waals surface area contributed by atoms with Crippen LogP contribution in [0.4, 0.5) is 29.0 Å². The van der Waals surface area contributed by atoms with Crippen LogP contribution in [0.3, 0.4) is 0 Å². The van der Waals surface area contributed by atoms with Crippen molar-refractivity contribution in [2.45, 2.75) is 38.1 Å². The topological polar surface area (TPSA) is 90.0 Å². The van der Waals surface area contributed by atoms with E-state index in [-0.39, 0.29) is 5.54 Å². The number of rotatable bonds is 7. The van der Waals surface area contributed by atoms with E-state index < -0.39 is 0 Å². The van der Waals surface area contributed by atoms with Crippen molar-refractivity contribution in [2.24, 2.45) is 0 Å². The van der Waals surface area contributed by atoms with Crippen molar-refractivity contribution in [3.63, 3.8) is 0 Å². The minimum Gasteiger partial charge on any atom is -0.354 e. The molecule has 1 aromatic carbocycles. The summed E-state index contributed by atoms with van der Waals surface area (Å²) in [5.74, 6) is 2.29. The average Bonchev–Trinajstić information content (AvgIpc) is 2.81. The summed E-state index contributed by atoms with van der Waals surface area (Å²) in [6, 6.07) is 12.3.